The zero-order valence-corrected chi connectivity index (χ0v) is 66.8. The van der Waals surface area contributed by atoms with E-state index in [1.165, 1.54) is 225 Å². The molecule has 0 amide bonds. The number of aliphatic hydroxyl groups is 1. The fourth-order valence-corrected chi connectivity index (χ4v) is 13.8. The van der Waals surface area contributed by atoms with Gasteiger partial charge in [0.1, 0.15) is 19.3 Å². The van der Waals surface area contributed by atoms with Crippen LogP contribution in [-0.2, 0) is 65.4 Å². The topological polar surface area (TPSA) is 237 Å². The van der Waals surface area contributed by atoms with E-state index < -0.39 is 97.5 Å². The van der Waals surface area contributed by atoms with Crippen LogP contribution < -0.4 is 0 Å². The summed E-state index contributed by atoms with van der Waals surface area (Å²) in [5, 5.41) is 10.6. The second-order valence-corrected chi connectivity index (χ2v) is 32.7. The average Bonchev–Trinajstić information content (AvgIpc) is 0.971. The minimum Gasteiger partial charge on any atom is -0.462 e. The Balaban J connectivity index is 5.23. The molecule has 0 rings (SSSR count). The van der Waals surface area contributed by atoms with E-state index in [9.17, 15) is 43.2 Å². The smallest absolute Gasteiger partial charge is 0.462 e. The van der Waals surface area contributed by atoms with Gasteiger partial charge in [-0.3, -0.25) is 37.3 Å². The number of phosphoric ester groups is 2. The van der Waals surface area contributed by atoms with Crippen LogP contribution in [-0.4, -0.2) is 96.7 Å². The first-order valence-electron chi connectivity index (χ1n) is 41.4. The third kappa shape index (κ3) is 71.5. The van der Waals surface area contributed by atoms with Crippen molar-refractivity contribution in [1.29, 1.82) is 0 Å². The number of hydrogen-bond acceptors (Lipinski definition) is 15. The Morgan fingerprint density at radius 1 is 0.293 bits per heavy atom. The zero-order chi connectivity index (χ0) is 73.0. The number of aliphatic hydroxyl groups excluding tert-OH is 1. The van der Waals surface area contributed by atoms with E-state index >= 15 is 0 Å². The largest absolute Gasteiger partial charge is 0.472 e. The van der Waals surface area contributed by atoms with Gasteiger partial charge in [0.15, 0.2) is 12.2 Å². The number of ether oxygens (including phenoxy) is 4. The van der Waals surface area contributed by atoms with E-state index in [0.717, 1.165) is 108 Å². The Morgan fingerprint density at radius 3 is 0.768 bits per heavy atom. The van der Waals surface area contributed by atoms with Crippen LogP contribution in [0.5, 0.6) is 0 Å². The van der Waals surface area contributed by atoms with Crippen molar-refractivity contribution in [2.45, 2.75) is 433 Å². The molecular weight excluding hydrogens is 1290 g/mol. The molecule has 17 nitrogen and oxygen atoms in total. The molecule has 7 atom stereocenters. The Bertz CT molecular complexity index is 1930. The third-order valence-corrected chi connectivity index (χ3v) is 21.3. The van der Waals surface area contributed by atoms with Gasteiger partial charge in [-0.1, -0.05) is 363 Å². The number of esters is 4. The van der Waals surface area contributed by atoms with Crippen LogP contribution in [0.1, 0.15) is 414 Å². The number of carbonyl (C=O) groups excluding carboxylic acids is 4. The van der Waals surface area contributed by atoms with Gasteiger partial charge in [0.2, 0.25) is 0 Å². The molecule has 0 spiro atoms. The van der Waals surface area contributed by atoms with Gasteiger partial charge in [0, 0.05) is 25.7 Å². The number of hydrogen-bond donors (Lipinski definition) is 3. The standard InChI is InChI=1S/C80H156O17P2/c1-8-11-12-13-14-15-33-40-47-54-61-77(82)90-67-75(97-80(85)64-57-50-43-36-29-27-32-39-46-53-60-73(7)10-3)69-94-98(86,87)92-65-74(81)66-93-99(88,89)95-70-76(68-91-78(83)62-55-48-41-34-28-26-31-38-45-52-59-72(6)9-2)96-79(84)63-56-49-42-35-25-23-21-19-17-16-18-20-22-24-30-37-44-51-58-71(4)5/h71-76,81H,8-70H2,1-7H3,(H,86,87)(H,88,89)/t72?,73?,74-,75+,76+/m0/s1. The van der Waals surface area contributed by atoms with Crippen LogP contribution in [0.15, 0.2) is 0 Å². The quantitative estimate of drug-likeness (QED) is 0.0222. The van der Waals surface area contributed by atoms with Crippen molar-refractivity contribution in [3.05, 3.63) is 0 Å². The molecule has 0 bridgehead atoms. The zero-order valence-electron chi connectivity index (χ0n) is 65.0. The molecule has 0 aliphatic heterocycles. The van der Waals surface area contributed by atoms with Gasteiger partial charge < -0.3 is 33.8 Å². The first-order chi connectivity index (χ1) is 47.8. The Morgan fingerprint density at radius 2 is 0.515 bits per heavy atom. The van der Waals surface area contributed by atoms with Crippen LogP contribution in [0, 0.1) is 17.8 Å². The summed E-state index contributed by atoms with van der Waals surface area (Å²) in [5.41, 5.74) is 0. The van der Waals surface area contributed by atoms with Crippen LogP contribution in [0.4, 0.5) is 0 Å². The monoisotopic (exact) mass is 1450 g/mol. The first kappa shape index (κ1) is 97.1. The van der Waals surface area contributed by atoms with Gasteiger partial charge in [0.25, 0.3) is 0 Å². The predicted octanol–water partition coefficient (Wildman–Crippen LogP) is 23.7. The normalized spacial score (nSPS) is 14.5. The fourth-order valence-electron chi connectivity index (χ4n) is 12.2. The summed E-state index contributed by atoms with van der Waals surface area (Å²) < 4.78 is 68.7. The van der Waals surface area contributed by atoms with Gasteiger partial charge in [-0.15, -0.1) is 0 Å². The number of phosphoric acid groups is 2. The molecule has 99 heavy (non-hydrogen) atoms. The van der Waals surface area contributed by atoms with Crippen LogP contribution in [0.3, 0.4) is 0 Å². The summed E-state index contributed by atoms with van der Waals surface area (Å²) >= 11 is 0. The van der Waals surface area contributed by atoms with Crippen LogP contribution >= 0.6 is 15.6 Å². The van der Waals surface area contributed by atoms with Gasteiger partial charge in [-0.2, -0.15) is 0 Å². The van der Waals surface area contributed by atoms with E-state index in [0.29, 0.717) is 25.7 Å². The first-order valence-corrected chi connectivity index (χ1v) is 44.4. The molecular formula is C80H156O17P2. The molecule has 4 unspecified atom stereocenters. The summed E-state index contributed by atoms with van der Waals surface area (Å²) in [5.74, 6) is 0.320. The molecule has 19 heteroatoms. The molecule has 0 radical (unpaired) electrons. The Kier molecular flexibility index (Phi) is 69.0. The highest BCUT2D eigenvalue weighted by Crippen LogP contribution is 2.45. The SMILES string of the molecule is CCCCCCCCCCCCC(=O)OC[C@H](COP(=O)(O)OC[C@H](O)COP(=O)(O)OC[C@@H](COC(=O)CCCCCCCCCCCCC(C)CC)OC(=O)CCCCCCCCCCCCCCCCCCCCC(C)C)OC(=O)CCCCCCCCCCCCC(C)CC. The van der Waals surface area contributed by atoms with E-state index in [1.54, 1.807) is 0 Å². The average molecular weight is 1450 g/mol. The molecule has 0 heterocycles. The van der Waals surface area contributed by atoms with Crippen LogP contribution in [0.2, 0.25) is 0 Å². The summed E-state index contributed by atoms with van der Waals surface area (Å²) in [7, 11) is -9.92. The van der Waals surface area contributed by atoms with Crippen LogP contribution in [0.25, 0.3) is 0 Å². The number of unbranched alkanes of at least 4 members (excludes halogenated alkanes) is 44. The summed E-state index contributed by atoms with van der Waals surface area (Å²) in [6.07, 6.45) is 58.1. The summed E-state index contributed by atoms with van der Waals surface area (Å²) in [4.78, 5) is 73.0. The maximum atomic E-state index is 13.1. The molecule has 0 saturated heterocycles. The molecule has 0 fully saturated rings. The van der Waals surface area contributed by atoms with Crippen molar-refractivity contribution < 1.29 is 80.2 Å². The van der Waals surface area contributed by atoms with Crippen molar-refractivity contribution in [3.8, 4) is 0 Å². The molecule has 0 aromatic rings. The second kappa shape index (κ2) is 70.4. The highest BCUT2D eigenvalue weighted by Gasteiger charge is 2.30. The minimum atomic E-state index is -4.96. The third-order valence-electron chi connectivity index (χ3n) is 19.4. The number of carbonyl (C=O) groups is 4. The van der Waals surface area contributed by atoms with Gasteiger partial charge in [-0.25, -0.2) is 9.13 Å². The fraction of sp³-hybridized carbons (Fsp3) is 0.950. The minimum absolute atomic E-state index is 0.106. The predicted molar refractivity (Wildman–Crippen MR) is 405 cm³/mol. The van der Waals surface area contributed by atoms with Crippen molar-refractivity contribution >= 4 is 39.5 Å². The molecule has 0 aliphatic carbocycles. The highest BCUT2D eigenvalue weighted by atomic mass is 31.2. The molecule has 0 aromatic heterocycles. The Hall–Kier alpha value is -1.94. The van der Waals surface area contributed by atoms with E-state index in [1.807, 2.05) is 0 Å². The lowest BCUT2D eigenvalue weighted by Gasteiger charge is -2.21. The number of rotatable bonds is 78. The molecule has 0 aliphatic rings. The molecule has 588 valence electrons. The molecule has 3 N–H and O–H groups in total. The van der Waals surface area contributed by atoms with E-state index in [4.69, 9.17) is 37.0 Å². The van der Waals surface area contributed by atoms with E-state index in [-0.39, 0.29) is 25.7 Å². The van der Waals surface area contributed by atoms with E-state index in [2.05, 4.69) is 48.5 Å². The van der Waals surface area contributed by atoms with Gasteiger partial charge >= 0.3 is 39.5 Å². The van der Waals surface area contributed by atoms with Crippen molar-refractivity contribution in [1.82, 2.24) is 0 Å². The second-order valence-electron chi connectivity index (χ2n) is 29.8. The molecule has 0 saturated carbocycles. The Labute approximate surface area is 607 Å². The summed E-state index contributed by atoms with van der Waals surface area (Å²) in [6.45, 7) is 12.0. The maximum absolute atomic E-state index is 13.1. The lowest BCUT2D eigenvalue weighted by atomic mass is 9.99. The maximum Gasteiger partial charge on any atom is 0.472 e. The van der Waals surface area contributed by atoms with Gasteiger partial charge in [-0.05, 0) is 43.4 Å². The lowest BCUT2D eigenvalue weighted by molar-refractivity contribution is -0.161. The van der Waals surface area contributed by atoms with Crippen molar-refractivity contribution in [3.63, 3.8) is 0 Å². The highest BCUT2D eigenvalue weighted by molar-refractivity contribution is 7.47. The van der Waals surface area contributed by atoms with Crippen molar-refractivity contribution in [2.24, 2.45) is 17.8 Å². The molecule has 0 aromatic carbocycles. The summed E-state index contributed by atoms with van der Waals surface area (Å²) in [6, 6.07) is 0. The van der Waals surface area contributed by atoms with Crippen molar-refractivity contribution in [2.75, 3.05) is 39.6 Å². The lowest BCUT2D eigenvalue weighted by Crippen LogP contribution is -2.30. The van der Waals surface area contributed by atoms with Gasteiger partial charge in [0.05, 0.1) is 26.4 Å².